The Morgan fingerprint density at radius 2 is 1.56 bits per heavy atom. The molecule has 2 aliphatic heterocycles. The number of rotatable bonds is 0. The van der Waals surface area contributed by atoms with Crippen LogP contribution in [0.5, 0.6) is 0 Å². The van der Waals surface area contributed by atoms with Crippen molar-refractivity contribution in [3.05, 3.63) is 53.6 Å². The normalized spacial score (nSPS) is 16.2. The first-order valence-corrected chi connectivity index (χ1v) is 6.27. The number of benzene rings is 2. The Balaban J connectivity index is 1.85. The van der Waals surface area contributed by atoms with Crippen LogP contribution in [-0.4, -0.2) is 6.67 Å². The molecule has 4 rings (SSSR count). The van der Waals surface area contributed by atoms with Gasteiger partial charge in [-0.2, -0.15) is 0 Å². The molecule has 0 saturated carbocycles. The van der Waals surface area contributed by atoms with Crippen molar-refractivity contribution in [2.24, 2.45) is 0 Å². The average molecular weight is 237 g/mol. The summed E-state index contributed by atoms with van der Waals surface area (Å²) in [5.74, 6) is 0. The summed E-state index contributed by atoms with van der Waals surface area (Å²) in [5.41, 5.74) is 12.2. The van der Waals surface area contributed by atoms with Crippen LogP contribution in [0, 0.1) is 0 Å². The van der Waals surface area contributed by atoms with E-state index >= 15 is 0 Å². The molecule has 2 heterocycles. The fourth-order valence-corrected chi connectivity index (χ4v) is 3.03. The second-order valence-corrected chi connectivity index (χ2v) is 5.05. The van der Waals surface area contributed by atoms with Crippen molar-refractivity contribution >= 4 is 17.1 Å². The lowest BCUT2D eigenvalue weighted by Gasteiger charge is -2.44. The Labute approximate surface area is 106 Å². The molecular formula is C15H15N3. The number of nitrogens with two attached hydrogens (primary N) is 1. The van der Waals surface area contributed by atoms with Gasteiger partial charge in [-0.1, -0.05) is 18.2 Å². The zero-order valence-corrected chi connectivity index (χ0v) is 10.1. The summed E-state index contributed by atoms with van der Waals surface area (Å²) < 4.78 is 0. The lowest BCUT2D eigenvalue weighted by atomic mass is 10.0. The van der Waals surface area contributed by atoms with Crippen molar-refractivity contribution in [2.45, 2.75) is 13.1 Å². The van der Waals surface area contributed by atoms with Crippen LogP contribution in [0.25, 0.3) is 0 Å². The standard InChI is InChI=1S/C15H15N3/c16-13-5-6-15-12(7-13)9-18-10-17(15)8-11-3-1-2-4-14(11)18/h1-7H,8-10,16H2. The molecule has 0 aliphatic carbocycles. The van der Waals surface area contributed by atoms with E-state index in [1.165, 1.54) is 22.5 Å². The monoisotopic (exact) mass is 237 g/mol. The molecule has 18 heavy (non-hydrogen) atoms. The highest BCUT2D eigenvalue weighted by Gasteiger charge is 2.28. The summed E-state index contributed by atoms with van der Waals surface area (Å²) in [6, 6.07) is 14.9. The van der Waals surface area contributed by atoms with Gasteiger partial charge in [0.25, 0.3) is 0 Å². The summed E-state index contributed by atoms with van der Waals surface area (Å²) in [5, 5.41) is 0. The molecule has 0 atom stereocenters. The summed E-state index contributed by atoms with van der Waals surface area (Å²) in [4.78, 5) is 4.83. The van der Waals surface area contributed by atoms with Crippen molar-refractivity contribution in [1.82, 2.24) is 0 Å². The number of anilines is 3. The summed E-state index contributed by atoms with van der Waals surface area (Å²) >= 11 is 0. The number of para-hydroxylation sites is 1. The maximum Gasteiger partial charge on any atom is 0.0910 e. The minimum absolute atomic E-state index is 0.851. The van der Waals surface area contributed by atoms with Gasteiger partial charge in [-0.05, 0) is 35.4 Å². The van der Waals surface area contributed by atoms with Crippen LogP contribution in [0.1, 0.15) is 11.1 Å². The van der Waals surface area contributed by atoms with Gasteiger partial charge < -0.3 is 15.5 Å². The number of hydrogen-bond donors (Lipinski definition) is 1. The molecule has 90 valence electrons. The Bertz CT molecular complexity index is 621. The Morgan fingerprint density at radius 1 is 0.833 bits per heavy atom. The predicted octanol–water partition coefficient (Wildman–Crippen LogP) is 2.57. The molecule has 2 bridgehead atoms. The van der Waals surface area contributed by atoms with Crippen molar-refractivity contribution < 1.29 is 0 Å². The summed E-state index contributed by atoms with van der Waals surface area (Å²) in [6.07, 6.45) is 0. The molecule has 0 radical (unpaired) electrons. The molecular weight excluding hydrogens is 222 g/mol. The van der Waals surface area contributed by atoms with E-state index in [9.17, 15) is 0 Å². The maximum absolute atomic E-state index is 5.89. The van der Waals surface area contributed by atoms with Gasteiger partial charge in [0.2, 0.25) is 0 Å². The molecule has 3 nitrogen and oxygen atoms in total. The summed E-state index contributed by atoms with van der Waals surface area (Å²) in [6.45, 7) is 2.92. The molecule has 3 heteroatoms. The van der Waals surface area contributed by atoms with Crippen LogP contribution >= 0.6 is 0 Å². The highest BCUT2D eigenvalue weighted by molar-refractivity contribution is 5.69. The van der Waals surface area contributed by atoms with Crippen LogP contribution in [-0.2, 0) is 13.1 Å². The topological polar surface area (TPSA) is 32.5 Å². The van der Waals surface area contributed by atoms with Gasteiger partial charge in [0.15, 0.2) is 0 Å². The van der Waals surface area contributed by atoms with Crippen LogP contribution in [0.3, 0.4) is 0 Å². The second-order valence-electron chi connectivity index (χ2n) is 5.05. The first kappa shape index (κ1) is 9.83. The number of nitrogen functional groups attached to an aromatic ring is 1. The van der Waals surface area contributed by atoms with E-state index in [2.05, 4.69) is 46.2 Å². The number of fused-ring (bicyclic) bond motifs is 6. The van der Waals surface area contributed by atoms with E-state index in [1.807, 2.05) is 6.07 Å². The Hall–Kier alpha value is -2.16. The molecule has 2 aliphatic rings. The highest BCUT2D eigenvalue weighted by Crippen LogP contribution is 2.38. The van der Waals surface area contributed by atoms with Crippen molar-refractivity contribution in [3.63, 3.8) is 0 Å². The summed E-state index contributed by atoms with van der Waals surface area (Å²) in [7, 11) is 0. The van der Waals surface area contributed by atoms with Gasteiger partial charge in [-0.15, -0.1) is 0 Å². The first-order valence-electron chi connectivity index (χ1n) is 6.27. The zero-order valence-electron chi connectivity index (χ0n) is 10.1. The molecule has 2 N–H and O–H groups in total. The van der Waals surface area contributed by atoms with Crippen LogP contribution in [0.15, 0.2) is 42.5 Å². The molecule has 0 amide bonds. The third-order valence-electron chi connectivity index (χ3n) is 3.84. The van der Waals surface area contributed by atoms with Crippen LogP contribution < -0.4 is 15.5 Å². The third kappa shape index (κ3) is 1.30. The minimum atomic E-state index is 0.851. The fraction of sp³-hybridized carbons (Fsp3) is 0.200. The molecule has 0 aromatic heterocycles. The molecule has 2 aromatic carbocycles. The SMILES string of the molecule is Nc1ccc2c(c1)CN1CN2Cc2ccccc21. The largest absolute Gasteiger partial charge is 0.399 e. The van der Waals surface area contributed by atoms with Gasteiger partial charge in [-0.25, -0.2) is 0 Å². The van der Waals surface area contributed by atoms with E-state index in [1.54, 1.807) is 0 Å². The Kier molecular flexibility index (Phi) is 1.87. The van der Waals surface area contributed by atoms with Gasteiger partial charge in [0.1, 0.15) is 0 Å². The molecule has 0 saturated heterocycles. The maximum atomic E-state index is 5.89. The average Bonchev–Trinajstić information content (AvgIpc) is 2.38. The smallest absolute Gasteiger partial charge is 0.0910 e. The van der Waals surface area contributed by atoms with Crippen LogP contribution in [0.2, 0.25) is 0 Å². The Morgan fingerprint density at radius 3 is 2.44 bits per heavy atom. The lowest BCUT2D eigenvalue weighted by Crippen LogP contribution is -2.46. The third-order valence-corrected chi connectivity index (χ3v) is 3.84. The predicted molar refractivity (Wildman–Crippen MR) is 74.5 cm³/mol. The fourth-order valence-electron chi connectivity index (χ4n) is 3.03. The van der Waals surface area contributed by atoms with E-state index < -0.39 is 0 Å². The molecule has 0 unspecified atom stereocenters. The van der Waals surface area contributed by atoms with E-state index in [0.29, 0.717) is 0 Å². The minimum Gasteiger partial charge on any atom is -0.399 e. The number of hydrogen-bond acceptors (Lipinski definition) is 3. The van der Waals surface area contributed by atoms with Crippen molar-refractivity contribution in [2.75, 3.05) is 22.2 Å². The van der Waals surface area contributed by atoms with E-state index in [-0.39, 0.29) is 0 Å². The second kappa shape index (κ2) is 3.42. The van der Waals surface area contributed by atoms with Crippen molar-refractivity contribution in [3.8, 4) is 0 Å². The number of nitrogens with zero attached hydrogens (tertiary/aromatic N) is 2. The molecule has 0 spiro atoms. The van der Waals surface area contributed by atoms with Gasteiger partial charge in [-0.3, -0.25) is 0 Å². The molecule has 0 fully saturated rings. The van der Waals surface area contributed by atoms with Crippen LogP contribution in [0.4, 0.5) is 17.1 Å². The lowest BCUT2D eigenvalue weighted by molar-refractivity contribution is 0.651. The van der Waals surface area contributed by atoms with E-state index in [4.69, 9.17) is 5.73 Å². The highest BCUT2D eigenvalue weighted by atomic mass is 15.4. The first-order chi connectivity index (χ1) is 8.81. The quantitative estimate of drug-likeness (QED) is 0.715. The van der Waals surface area contributed by atoms with Crippen molar-refractivity contribution in [1.29, 1.82) is 0 Å². The van der Waals surface area contributed by atoms with E-state index in [0.717, 1.165) is 25.4 Å². The zero-order chi connectivity index (χ0) is 12.1. The van der Waals surface area contributed by atoms with Gasteiger partial charge in [0.05, 0.1) is 6.67 Å². The van der Waals surface area contributed by atoms with Gasteiger partial charge >= 0.3 is 0 Å². The van der Waals surface area contributed by atoms with Gasteiger partial charge in [0, 0.05) is 30.2 Å². The molecule has 2 aromatic rings.